The van der Waals surface area contributed by atoms with Gasteiger partial charge in [-0.1, -0.05) is 17.3 Å². The molecule has 37 heavy (non-hydrogen) atoms. The number of piperazine rings is 1. The van der Waals surface area contributed by atoms with Gasteiger partial charge < -0.3 is 24.0 Å². The van der Waals surface area contributed by atoms with Crippen molar-refractivity contribution in [2.24, 2.45) is 0 Å². The van der Waals surface area contributed by atoms with Crippen LogP contribution in [0.5, 0.6) is 17.2 Å². The molecule has 1 saturated heterocycles. The smallest absolute Gasteiger partial charge is 0.246 e. The molecule has 11 nitrogen and oxygen atoms in total. The fourth-order valence-corrected chi connectivity index (χ4v) is 4.25. The van der Waals surface area contributed by atoms with E-state index in [1.807, 2.05) is 47.4 Å². The summed E-state index contributed by atoms with van der Waals surface area (Å²) >= 11 is 0. The van der Waals surface area contributed by atoms with Crippen LogP contribution in [0.1, 0.15) is 5.56 Å². The fraction of sp³-hybridized carbons (Fsp3) is 0.269. The number of fused-ring (bicyclic) bond motifs is 1. The number of ether oxygens (including phenoxy) is 3. The first kappa shape index (κ1) is 24.0. The molecule has 1 fully saturated rings. The van der Waals surface area contributed by atoms with E-state index < -0.39 is 0 Å². The quantitative estimate of drug-likeness (QED) is 0.353. The number of hydrogen-bond donors (Lipinski definition) is 0. The Bertz CT molecular complexity index is 1440. The molecule has 4 aromatic rings. The van der Waals surface area contributed by atoms with Crippen LogP contribution in [0.15, 0.2) is 54.9 Å². The molecule has 0 unspecified atom stereocenters. The average molecular weight is 502 g/mol. The van der Waals surface area contributed by atoms with Gasteiger partial charge in [-0.3, -0.25) is 4.79 Å². The molecule has 190 valence electrons. The molecule has 1 aliphatic rings. The van der Waals surface area contributed by atoms with Crippen LogP contribution >= 0.6 is 0 Å². The normalized spacial score (nSPS) is 13.8. The largest absolute Gasteiger partial charge is 0.497 e. The highest BCUT2D eigenvalue weighted by Crippen LogP contribution is 2.28. The molecular formula is C26H27N7O4. The predicted molar refractivity (Wildman–Crippen MR) is 138 cm³/mol. The molecule has 0 atom stereocenters. The van der Waals surface area contributed by atoms with Crippen LogP contribution in [0.25, 0.3) is 22.9 Å². The summed E-state index contributed by atoms with van der Waals surface area (Å²) in [5, 5.41) is 8.67. The summed E-state index contributed by atoms with van der Waals surface area (Å²) in [7, 11) is 4.79. The molecule has 0 N–H and O–H groups in total. The molecule has 0 radical (unpaired) electrons. The van der Waals surface area contributed by atoms with E-state index in [4.69, 9.17) is 14.2 Å². The van der Waals surface area contributed by atoms with E-state index in [9.17, 15) is 4.79 Å². The fourth-order valence-electron chi connectivity index (χ4n) is 4.25. The molecule has 0 aliphatic carbocycles. The molecule has 5 rings (SSSR count). The van der Waals surface area contributed by atoms with Gasteiger partial charge in [-0.05, 0) is 35.9 Å². The van der Waals surface area contributed by atoms with Crippen molar-refractivity contribution in [2.45, 2.75) is 0 Å². The lowest BCUT2D eigenvalue weighted by Gasteiger charge is -2.34. The number of rotatable bonds is 7. The summed E-state index contributed by atoms with van der Waals surface area (Å²) in [4.78, 5) is 25.6. The van der Waals surface area contributed by atoms with E-state index in [1.54, 1.807) is 38.2 Å². The van der Waals surface area contributed by atoms with Gasteiger partial charge in [-0.2, -0.15) is 4.68 Å². The van der Waals surface area contributed by atoms with Crippen LogP contribution in [-0.2, 0) is 4.79 Å². The van der Waals surface area contributed by atoms with Gasteiger partial charge in [0, 0.05) is 38.3 Å². The SMILES string of the molecule is COc1cccc(-n2nnc3c(N4CCN(C(=O)/C=C\c5ccc(OC)c(OC)c5)CC4)ncnc32)c1. The summed E-state index contributed by atoms with van der Waals surface area (Å²) in [5.74, 6) is 2.63. The summed E-state index contributed by atoms with van der Waals surface area (Å²) < 4.78 is 17.6. The Morgan fingerprint density at radius 2 is 1.73 bits per heavy atom. The van der Waals surface area contributed by atoms with Crippen molar-refractivity contribution in [2.75, 3.05) is 52.4 Å². The van der Waals surface area contributed by atoms with Gasteiger partial charge in [-0.25, -0.2) is 9.97 Å². The lowest BCUT2D eigenvalue weighted by atomic mass is 10.2. The molecule has 2 aromatic carbocycles. The number of aromatic nitrogens is 5. The Morgan fingerprint density at radius 3 is 2.49 bits per heavy atom. The van der Waals surface area contributed by atoms with Crippen LogP contribution in [0, 0.1) is 0 Å². The van der Waals surface area contributed by atoms with Crippen molar-refractivity contribution in [3.05, 3.63) is 60.4 Å². The van der Waals surface area contributed by atoms with Crippen molar-refractivity contribution in [1.82, 2.24) is 29.9 Å². The number of anilines is 1. The number of amides is 1. The first-order valence-electron chi connectivity index (χ1n) is 11.8. The van der Waals surface area contributed by atoms with E-state index >= 15 is 0 Å². The highest BCUT2D eigenvalue weighted by molar-refractivity contribution is 5.92. The second-order valence-electron chi connectivity index (χ2n) is 8.33. The highest BCUT2D eigenvalue weighted by atomic mass is 16.5. The van der Waals surface area contributed by atoms with E-state index in [-0.39, 0.29) is 5.91 Å². The maximum atomic E-state index is 12.8. The highest BCUT2D eigenvalue weighted by Gasteiger charge is 2.24. The summed E-state index contributed by atoms with van der Waals surface area (Å²) in [6.45, 7) is 2.36. The van der Waals surface area contributed by atoms with Gasteiger partial charge >= 0.3 is 0 Å². The van der Waals surface area contributed by atoms with Crippen LogP contribution < -0.4 is 19.1 Å². The Kier molecular flexibility index (Phi) is 6.84. The molecule has 1 aliphatic heterocycles. The van der Waals surface area contributed by atoms with Crippen molar-refractivity contribution in [3.63, 3.8) is 0 Å². The third-order valence-corrected chi connectivity index (χ3v) is 6.23. The third-order valence-electron chi connectivity index (χ3n) is 6.23. The summed E-state index contributed by atoms with van der Waals surface area (Å²) in [6, 6.07) is 13.1. The van der Waals surface area contributed by atoms with E-state index in [1.165, 1.54) is 6.33 Å². The standard InChI is InChI=1S/C26H27N7O4/c1-35-20-6-4-5-19(16-20)33-26-24(29-30-33)25(27-17-28-26)32-13-11-31(12-14-32)23(34)10-8-18-7-9-21(36-2)22(15-18)37-3/h4-10,15-17H,11-14H2,1-3H3/b10-8-. The zero-order chi connectivity index (χ0) is 25.8. The minimum absolute atomic E-state index is 0.0498. The average Bonchev–Trinajstić information content (AvgIpc) is 3.40. The van der Waals surface area contributed by atoms with E-state index in [2.05, 4.69) is 25.2 Å². The molecular weight excluding hydrogens is 474 g/mol. The van der Waals surface area contributed by atoms with Crippen LogP contribution in [0.4, 0.5) is 5.82 Å². The monoisotopic (exact) mass is 501 g/mol. The number of carbonyl (C=O) groups excluding carboxylic acids is 1. The Balaban J connectivity index is 1.27. The molecule has 0 saturated carbocycles. The Morgan fingerprint density at radius 1 is 0.919 bits per heavy atom. The van der Waals surface area contributed by atoms with Gasteiger partial charge in [0.05, 0.1) is 27.0 Å². The third kappa shape index (κ3) is 4.88. The van der Waals surface area contributed by atoms with Crippen molar-refractivity contribution in [1.29, 1.82) is 0 Å². The Labute approximate surface area is 213 Å². The lowest BCUT2D eigenvalue weighted by molar-refractivity contribution is -0.126. The minimum Gasteiger partial charge on any atom is -0.497 e. The number of carbonyl (C=O) groups is 1. The molecule has 1 amide bonds. The van der Waals surface area contributed by atoms with Crippen LogP contribution in [-0.4, -0.2) is 83.3 Å². The van der Waals surface area contributed by atoms with E-state index in [0.29, 0.717) is 54.7 Å². The molecule has 3 heterocycles. The van der Waals surface area contributed by atoms with Crippen molar-refractivity contribution >= 4 is 29.0 Å². The number of methoxy groups -OCH3 is 3. The van der Waals surface area contributed by atoms with Gasteiger partial charge in [-0.15, -0.1) is 5.10 Å². The molecule has 11 heteroatoms. The van der Waals surface area contributed by atoms with Gasteiger partial charge in [0.1, 0.15) is 12.1 Å². The number of benzene rings is 2. The zero-order valence-corrected chi connectivity index (χ0v) is 20.9. The topological polar surface area (TPSA) is 108 Å². The Hall–Kier alpha value is -4.67. The molecule has 0 spiro atoms. The van der Waals surface area contributed by atoms with Gasteiger partial charge in [0.25, 0.3) is 0 Å². The second-order valence-corrected chi connectivity index (χ2v) is 8.33. The van der Waals surface area contributed by atoms with E-state index in [0.717, 1.165) is 17.0 Å². The first-order valence-corrected chi connectivity index (χ1v) is 11.8. The molecule has 0 bridgehead atoms. The second kappa shape index (κ2) is 10.5. The lowest BCUT2D eigenvalue weighted by Crippen LogP contribution is -2.48. The summed E-state index contributed by atoms with van der Waals surface area (Å²) in [6.07, 6.45) is 4.88. The van der Waals surface area contributed by atoms with Gasteiger partial charge in [0.15, 0.2) is 28.5 Å². The van der Waals surface area contributed by atoms with Gasteiger partial charge in [0.2, 0.25) is 5.91 Å². The minimum atomic E-state index is -0.0498. The molecule has 2 aromatic heterocycles. The van der Waals surface area contributed by atoms with Crippen molar-refractivity contribution < 1.29 is 19.0 Å². The first-order chi connectivity index (χ1) is 18.1. The van der Waals surface area contributed by atoms with Crippen LogP contribution in [0.3, 0.4) is 0 Å². The predicted octanol–water partition coefficient (Wildman–Crippen LogP) is 2.60. The maximum Gasteiger partial charge on any atom is 0.246 e. The zero-order valence-electron chi connectivity index (χ0n) is 20.9. The maximum absolute atomic E-state index is 12.8. The number of nitrogens with zero attached hydrogens (tertiary/aromatic N) is 7. The number of hydrogen-bond acceptors (Lipinski definition) is 9. The summed E-state index contributed by atoms with van der Waals surface area (Å²) in [5.41, 5.74) is 2.86. The van der Waals surface area contributed by atoms with Crippen molar-refractivity contribution in [3.8, 4) is 22.9 Å². The van der Waals surface area contributed by atoms with Crippen LogP contribution in [0.2, 0.25) is 0 Å².